The third-order valence-corrected chi connectivity index (χ3v) is 4.72. The molecule has 1 aliphatic heterocycles. The van der Waals surface area contributed by atoms with Gasteiger partial charge in [0.15, 0.2) is 5.82 Å². The second-order valence-corrected chi connectivity index (χ2v) is 6.80. The quantitative estimate of drug-likeness (QED) is 0.488. The zero-order chi connectivity index (χ0) is 20.9. The van der Waals surface area contributed by atoms with E-state index in [1.807, 2.05) is 6.92 Å². The first-order valence-electron chi connectivity index (χ1n) is 9.33. The molecule has 7 nitrogen and oxygen atoms in total. The summed E-state index contributed by atoms with van der Waals surface area (Å²) in [5, 5.41) is 3.96. The molecule has 1 aromatic carbocycles. The molecule has 2 heterocycles. The Kier molecular flexibility index (Phi) is 6.73. The lowest BCUT2D eigenvalue weighted by Gasteiger charge is -2.34. The number of carbonyl (C=O) groups excluding carboxylic acids is 1. The third-order valence-electron chi connectivity index (χ3n) is 4.72. The normalized spacial score (nSPS) is 19.9. The number of alkyl halides is 3. The van der Waals surface area contributed by atoms with Gasteiger partial charge in [-0.15, -0.1) is 13.2 Å². The smallest absolute Gasteiger partial charge is 0.406 e. The van der Waals surface area contributed by atoms with Crippen molar-refractivity contribution in [2.75, 3.05) is 26.3 Å². The topological polar surface area (TPSA) is 77.7 Å². The van der Waals surface area contributed by atoms with Crippen molar-refractivity contribution < 1.29 is 32.0 Å². The Morgan fingerprint density at radius 1 is 1.24 bits per heavy atom. The van der Waals surface area contributed by atoms with E-state index in [0.29, 0.717) is 50.9 Å². The number of piperidine rings is 1. The first-order valence-corrected chi connectivity index (χ1v) is 9.33. The van der Waals surface area contributed by atoms with E-state index in [0.717, 1.165) is 12.0 Å². The van der Waals surface area contributed by atoms with E-state index < -0.39 is 6.36 Å². The van der Waals surface area contributed by atoms with E-state index in [1.54, 1.807) is 17.0 Å². The van der Waals surface area contributed by atoms with E-state index in [2.05, 4.69) is 14.9 Å². The Morgan fingerprint density at radius 3 is 2.62 bits per heavy atom. The zero-order valence-electron chi connectivity index (χ0n) is 15.9. The number of halogens is 3. The highest BCUT2D eigenvalue weighted by atomic mass is 19.4. The fourth-order valence-corrected chi connectivity index (χ4v) is 3.42. The van der Waals surface area contributed by atoms with Gasteiger partial charge in [-0.2, -0.15) is 4.98 Å². The summed E-state index contributed by atoms with van der Waals surface area (Å²) in [6.07, 6.45) is -2.81. The molecule has 10 heteroatoms. The Hall–Kier alpha value is -2.62. The minimum atomic E-state index is -4.73. The molecule has 0 spiro atoms. The van der Waals surface area contributed by atoms with Crippen molar-refractivity contribution in [2.45, 2.75) is 38.0 Å². The van der Waals surface area contributed by atoms with Gasteiger partial charge in [0.05, 0.1) is 12.5 Å². The Labute approximate surface area is 165 Å². The van der Waals surface area contributed by atoms with Gasteiger partial charge in [-0.1, -0.05) is 17.3 Å². The summed E-state index contributed by atoms with van der Waals surface area (Å²) in [5.74, 6) is 0.486. The number of likely N-dealkylation sites (tertiary alicyclic amines) is 1. The van der Waals surface area contributed by atoms with Crippen LogP contribution in [-0.2, 0) is 16.0 Å². The number of nitrogens with zero attached hydrogens (tertiary/aromatic N) is 3. The molecule has 0 aliphatic carbocycles. The van der Waals surface area contributed by atoms with Crippen molar-refractivity contribution >= 4 is 6.41 Å². The highest BCUT2D eigenvalue weighted by Gasteiger charge is 2.33. The highest BCUT2D eigenvalue weighted by Crippen LogP contribution is 2.35. The van der Waals surface area contributed by atoms with Crippen LogP contribution in [0.15, 0.2) is 28.8 Å². The third kappa shape index (κ3) is 5.93. The standard InChI is InChI=1S/C19H22F3N3O4/c1-2-27-8-7-17-23-18(29-24-17)15-9-14(10-25(11-15)12-26)13-3-5-16(6-4-13)28-19(20,21)22/h3-6,12,14-15H,2,7-11H2,1H3. The van der Waals surface area contributed by atoms with E-state index in [4.69, 9.17) is 9.26 Å². The van der Waals surface area contributed by atoms with Crippen molar-refractivity contribution in [2.24, 2.45) is 0 Å². The first kappa shape index (κ1) is 21.1. The fourth-order valence-electron chi connectivity index (χ4n) is 3.42. The minimum absolute atomic E-state index is 0.0716. The lowest BCUT2D eigenvalue weighted by Crippen LogP contribution is -2.37. The first-order chi connectivity index (χ1) is 13.9. The number of hydrogen-bond donors (Lipinski definition) is 0. The number of rotatable bonds is 8. The minimum Gasteiger partial charge on any atom is -0.406 e. The van der Waals surface area contributed by atoms with Gasteiger partial charge in [0.25, 0.3) is 0 Å². The van der Waals surface area contributed by atoms with Crippen LogP contribution < -0.4 is 4.74 Å². The average Bonchev–Trinajstić information content (AvgIpc) is 3.16. The van der Waals surface area contributed by atoms with E-state index >= 15 is 0 Å². The summed E-state index contributed by atoms with van der Waals surface area (Å²) in [7, 11) is 0. The summed E-state index contributed by atoms with van der Waals surface area (Å²) in [5.41, 5.74) is 0.812. The lowest BCUT2D eigenvalue weighted by atomic mass is 9.84. The molecule has 1 amide bonds. The van der Waals surface area contributed by atoms with Crippen LogP contribution >= 0.6 is 0 Å². The molecule has 0 N–H and O–H groups in total. The Balaban J connectivity index is 1.70. The van der Waals surface area contributed by atoms with Crippen molar-refractivity contribution in [3.8, 4) is 5.75 Å². The van der Waals surface area contributed by atoms with Crippen LogP contribution in [0.2, 0.25) is 0 Å². The predicted octanol–water partition coefficient (Wildman–Crippen LogP) is 3.28. The monoisotopic (exact) mass is 413 g/mol. The maximum atomic E-state index is 12.3. The van der Waals surface area contributed by atoms with Gasteiger partial charge in [-0.3, -0.25) is 4.79 Å². The largest absolute Gasteiger partial charge is 0.573 e. The number of benzene rings is 1. The maximum Gasteiger partial charge on any atom is 0.573 e. The molecular formula is C19H22F3N3O4. The van der Waals surface area contributed by atoms with Crippen molar-refractivity contribution in [3.05, 3.63) is 41.5 Å². The van der Waals surface area contributed by atoms with Gasteiger partial charge >= 0.3 is 6.36 Å². The molecule has 1 saturated heterocycles. The van der Waals surface area contributed by atoms with Gasteiger partial charge in [-0.05, 0) is 31.0 Å². The molecule has 0 bridgehead atoms. The molecule has 1 aliphatic rings. The molecule has 3 rings (SSSR count). The molecular weight excluding hydrogens is 391 g/mol. The van der Waals surface area contributed by atoms with Crippen LogP contribution in [0, 0.1) is 0 Å². The summed E-state index contributed by atoms with van der Waals surface area (Å²) in [6.45, 7) is 3.92. The summed E-state index contributed by atoms with van der Waals surface area (Å²) < 4.78 is 51.6. The van der Waals surface area contributed by atoms with Gasteiger partial charge in [0.1, 0.15) is 5.75 Å². The van der Waals surface area contributed by atoms with Crippen LogP contribution in [0.3, 0.4) is 0 Å². The van der Waals surface area contributed by atoms with Gasteiger partial charge in [0, 0.05) is 32.0 Å². The molecule has 2 atom stereocenters. The maximum absolute atomic E-state index is 12.3. The zero-order valence-corrected chi connectivity index (χ0v) is 15.9. The fraction of sp³-hybridized carbons (Fsp3) is 0.526. The number of aromatic nitrogens is 2. The predicted molar refractivity (Wildman–Crippen MR) is 95.4 cm³/mol. The van der Waals surface area contributed by atoms with E-state index in [9.17, 15) is 18.0 Å². The lowest BCUT2D eigenvalue weighted by molar-refractivity contribution is -0.274. The van der Waals surface area contributed by atoms with Crippen LogP contribution in [0.5, 0.6) is 5.75 Å². The van der Waals surface area contributed by atoms with Crippen molar-refractivity contribution in [1.82, 2.24) is 15.0 Å². The van der Waals surface area contributed by atoms with Gasteiger partial charge in [0.2, 0.25) is 12.3 Å². The molecule has 29 heavy (non-hydrogen) atoms. The molecule has 1 aromatic heterocycles. The van der Waals surface area contributed by atoms with Crippen LogP contribution in [-0.4, -0.2) is 54.1 Å². The molecule has 0 saturated carbocycles. The molecule has 1 fully saturated rings. The SMILES string of the molecule is CCOCCc1noc(C2CC(c3ccc(OC(F)(F)F)cc3)CN(C=O)C2)n1. The van der Waals surface area contributed by atoms with Gasteiger partial charge in [-0.25, -0.2) is 0 Å². The number of amides is 1. The highest BCUT2D eigenvalue weighted by molar-refractivity contribution is 5.48. The second-order valence-electron chi connectivity index (χ2n) is 6.80. The summed E-state index contributed by atoms with van der Waals surface area (Å²) >= 11 is 0. The molecule has 2 unspecified atom stereocenters. The number of ether oxygens (including phenoxy) is 2. The van der Waals surface area contributed by atoms with Crippen molar-refractivity contribution in [3.63, 3.8) is 0 Å². The van der Waals surface area contributed by atoms with Crippen LogP contribution in [0.1, 0.15) is 42.5 Å². The molecule has 0 radical (unpaired) electrons. The van der Waals surface area contributed by atoms with Crippen LogP contribution in [0.4, 0.5) is 13.2 Å². The van der Waals surface area contributed by atoms with E-state index in [-0.39, 0.29) is 17.6 Å². The number of carbonyl (C=O) groups is 1. The Morgan fingerprint density at radius 2 is 1.97 bits per heavy atom. The molecule has 158 valence electrons. The Bertz CT molecular complexity index is 795. The van der Waals surface area contributed by atoms with Gasteiger partial charge < -0.3 is 18.9 Å². The second kappa shape index (κ2) is 9.25. The van der Waals surface area contributed by atoms with Crippen LogP contribution in [0.25, 0.3) is 0 Å². The summed E-state index contributed by atoms with van der Waals surface area (Å²) in [4.78, 5) is 17.4. The average molecular weight is 413 g/mol. The number of hydrogen-bond acceptors (Lipinski definition) is 6. The van der Waals surface area contributed by atoms with Crippen molar-refractivity contribution in [1.29, 1.82) is 0 Å². The van der Waals surface area contributed by atoms with E-state index in [1.165, 1.54) is 12.1 Å². The summed E-state index contributed by atoms with van der Waals surface area (Å²) in [6, 6.07) is 5.71. The molecule has 2 aromatic rings.